The fourth-order valence-corrected chi connectivity index (χ4v) is 4.46. The fraction of sp³-hybridized carbons (Fsp3) is 0.182. The van der Waals surface area contributed by atoms with E-state index in [-0.39, 0.29) is 10.6 Å². The largest absolute Gasteiger partial charge is 0.486 e. The van der Waals surface area contributed by atoms with Crippen LogP contribution in [0, 0.1) is 0 Å². The predicted octanol–water partition coefficient (Wildman–Crippen LogP) is 4.13. The Balaban J connectivity index is 1.66. The Hall–Kier alpha value is -3.17. The van der Waals surface area contributed by atoms with Crippen LogP contribution in [0.1, 0.15) is 17.2 Å². The Labute approximate surface area is 178 Å². The maximum Gasteiger partial charge on any atom is 0.387 e. The molecule has 0 aliphatic carbocycles. The van der Waals surface area contributed by atoms with Crippen LogP contribution in [0.3, 0.4) is 0 Å². The van der Waals surface area contributed by atoms with Crippen LogP contribution in [0.15, 0.2) is 77.7 Å². The lowest BCUT2D eigenvalue weighted by Gasteiger charge is -2.22. The number of nitrogens with one attached hydrogen (secondary N) is 1. The number of ether oxygens (including phenoxy) is 3. The molecule has 1 atom stereocenters. The highest BCUT2D eigenvalue weighted by Gasteiger charge is 2.25. The van der Waals surface area contributed by atoms with E-state index in [0.29, 0.717) is 35.8 Å². The first-order chi connectivity index (χ1) is 14.9. The molecule has 4 rings (SSSR count). The average Bonchev–Trinajstić information content (AvgIpc) is 2.78. The van der Waals surface area contributed by atoms with Gasteiger partial charge in [0, 0.05) is 6.07 Å². The third-order valence-corrected chi connectivity index (χ3v) is 6.09. The molecule has 3 aromatic carbocycles. The van der Waals surface area contributed by atoms with Gasteiger partial charge in [0.1, 0.15) is 19.0 Å². The topological polar surface area (TPSA) is 73.9 Å². The van der Waals surface area contributed by atoms with Crippen LogP contribution < -0.4 is 18.9 Å². The van der Waals surface area contributed by atoms with E-state index in [0.717, 1.165) is 0 Å². The third-order valence-electron chi connectivity index (χ3n) is 4.67. The highest BCUT2D eigenvalue weighted by molar-refractivity contribution is 7.89. The van der Waals surface area contributed by atoms with Crippen molar-refractivity contribution in [1.82, 2.24) is 4.72 Å². The van der Waals surface area contributed by atoms with Gasteiger partial charge in [-0.15, -0.1) is 0 Å². The molecule has 9 heteroatoms. The minimum absolute atomic E-state index is 0.0137. The van der Waals surface area contributed by atoms with Gasteiger partial charge in [0.25, 0.3) is 0 Å². The Morgan fingerprint density at radius 1 is 0.839 bits per heavy atom. The van der Waals surface area contributed by atoms with Gasteiger partial charge in [-0.3, -0.25) is 0 Å². The van der Waals surface area contributed by atoms with Crippen LogP contribution >= 0.6 is 0 Å². The van der Waals surface area contributed by atoms with Crippen LogP contribution in [0.2, 0.25) is 0 Å². The number of rotatable bonds is 7. The van der Waals surface area contributed by atoms with Gasteiger partial charge < -0.3 is 14.2 Å². The van der Waals surface area contributed by atoms with Crippen molar-refractivity contribution in [3.63, 3.8) is 0 Å². The molecule has 3 aromatic rings. The molecule has 1 N–H and O–H groups in total. The number of hydrogen-bond donors (Lipinski definition) is 1. The minimum Gasteiger partial charge on any atom is -0.486 e. The van der Waals surface area contributed by atoms with E-state index >= 15 is 0 Å². The highest BCUT2D eigenvalue weighted by Crippen LogP contribution is 2.33. The molecule has 0 amide bonds. The van der Waals surface area contributed by atoms with Gasteiger partial charge in [0.05, 0.1) is 10.9 Å². The van der Waals surface area contributed by atoms with Crippen molar-refractivity contribution >= 4 is 10.0 Å². The molecule has 1 aliphatic rings. The van der Waals surface area contributed by atoms with E-state index in [4.69, 9.17) is 9.47 Å². The van der Waals surface area contributed by atoms with Gasteiger partial charge in [0.2, 0.25) is 10.0 Å². The Kier molecular flexibility index (Phi) is 6.06. The molecule has 0 saturated carbocycles. The first kappa shape index (κ1) is 21.1. The minimum atomic E-state index is -3.96. The summed E-state index contributed by atoms with van der Waals surface area (Å²) in [6.07, 6.45) is 0. The number of hydrogen-bond acceptors (Lipinski definition) is 5. The van der Waals surface area contributed by atoms with E-state index in [1.54, 1.807) is 42.5 Å². The Morgan fingerprint density at radius 3 is 2.16 bits per heavy atom. The van der Waals surface area contributed by atoms with E-state index in [1.165, 1.54) is 24.3 Å². The van der Waals surface area contributed by atoms with Crippen molar-refractivity contribution in [3.05, 3.63) is 83.9 Å². The summed E-state index contributed by atoms with van der Waals surface area (Å²) in [7, 11) is -3.96. The summed E-state index contributed by atoms with van der Waals surface area (Å²) in [5.74, 6) is 0.832. The summed E-state index contributed by atoms with van der Waals surface area (Å²) in [6, 6.07) is 18.4. The number of fused-ring (bicyclic) bond motifs is 1. The van der Waals surface area contributed by atoms with Gasteiger partial charge in [0.15, 0.2) is 11.5 Å². The second kappa shape index (κ2) is 8.91. The van der Waals surface area contributed by atoms with E-state index in [1.807, 2.05) is 6.07 Å². The standard InChI is InChI=1S/C22H19F2NO5S/c23-22(24)30-17-8-6-16(7-9-17)21(15-4-2-1-3-5-15)25-31(26,27)18-10-11-19-20(14-18)29-13-12-28-19/h1-11,14,21-22,25H,12-13H2/t21-/m1/s1. The maximum atomic E-state index is 13.2. The van der Waals surface area contributed by atoms with Crippen molar-refractivity contribution in [3.8, 4) is 17.2 Å². The molecule has 31 heavy (non-hydrogen) atoms. The Morgan fingerprint density at radius 2 is 1.48 bits per heavy atom. The molecule has 1 heterocycles. The molecule has 0 fully saturated rings. The summed E-state index contributed by atoms with van der Waals surface area (Å²) in [4.78, 5) is 0.0235. The van der Waals surface area contributed by atoms with Crippen molar-refractivity contribution < 1.29 is 31.4 Å². The first-order valence-corrected chi connectivity index (χ1v) is 10.9. The SMILES string of the molecule is O=S(=O)(N[C@H](c1ccccc1)c1ccc(OC(F)F)cc1)c1ccc2c(c1)OCCO2. The summed E-state index contributed by atoms with van der Waals surface area (Å²) in [6.45, 7) is -2.20. The van der Waals surface area contributed by atoms with Gasteiger partial charge in [-0.2, -0.15) is 13.5 Å². The quantitative estimate of drug-likeness (QED) is 0.590. The third kappa shape index (κ3) is 4.95. The van der Waals surface area contributed by atoms with Gasteiger partial charge in [-0.05, 0) is 35.4 Å². The molecule has 1 aliphatic heterocycles. The normalized spacial score (nSPS) is 14.3. The smallest absolute Gasteiger partial charge is 0.387 e. The summed E-state index contributed by atoms with van der Waals surface area (Å²) in [5.41, 5.74) is 1.25. The molecule has 6 nitrogen and oxygen atoms in total. The lowest BCUT2D eigenvalue weighted by atomic mass is 10.00. The van der Waals surface area contributed by atoms with Gasteiger partial charge in [-0.25, -0.2) is 8.42 Å². The predicted molar refractivity (Wildman–Crippen MR) is 109 cm³/mol. The summed E-state index contributed by atoms with van der Waals surface area (Å²) < 4.78 is 69.2. The monoisotopic (exact) mass is 447 g/mol. The van der Waals surface area contributed by atoms with E-state index in [2.05, 4.69) is 9.46 Å². The molecule has 0 aromatic heterocycles. The second-order valence-corrected chi connectivity index (χ2v) is 8.43. The highest BCUT2D eigenvalue weighted by atomic mass is 32.2. The number of sulfonamides is 1. The first-order valence-electron chi connectivity index (χ1n) is 9.44. The molecule has 0 spiro atoms. The Bertz CT molecular complexity index is 1140. The van der Waals surface area contributed by atoms with Crippen LogP contribution in [-0.2, 0) is 10.0 Å². The number of halogens is 2. The van der Waals surface area contributed by atoms with Gasteiger partial charge in [-0.1, -0.05) is 42.5 Å². The summed E-state index contributed by atoms with van der Waals surface area (Å²) >= 11 is 0. The van der Waals surface area contributed by atoms with Gasteiger partial charge >= 0.3 is 6.61 Å². The lowest BCUT2D eigenvalue weighted by Crippen LogP contribution is -2.29. The van der Waals surface area contributed by atoms with Crippen LogP contribution in [0.5, 0.6) is 17.2 Å². The lowest BCUT2D eigenvalue weighted by molar-refractivity contribution is -0.0498. The van der Waals surface area contributed by atoms with Crippen molar-refractivity contribution in [2.75, 3.05) is 13.2 Å². The number of benzene rings is 3. The molecule has 0 bridgehead atoms. The fourth-order valence-electron chi connectivity index (χ4n) is 3.23. The molecule has 162 valence electrons. The molecule has 0 unspecified atom stereocenters. The van der Waals surface area contributed by atoms with Crippen LogP contribution in [0.25, 0.3) is 0 Å². The zero-order chi connectivity index (χ0) is 21.8. The van der Waals surface area contributed by atoms with Crippen molar-refractivity contribution in [2.24, 2.45) is 0 Å². The molecule has 0 radical (unpaired) electrons. The average molecular weight is 447 g/mol. The zero-order valence-corrected chi connectivity index (χ0v) is 17.0. The number of alkyl halides is 2. The molecular weight excluding hydrogens is 428 g/mol. The second-order valence-electron chi connectivity index (χ2n) is 6.72. The van der Waals surface area contributed by atoms with Crippen LogP contribution in [-0.4, -0.2) is 28.2 Å². The van der Waals surface area contributed by atoms with Crippen molar-refractivity contribution in [1.29, 1.82) is 0 Å². The van der Waals surface area contributed by atoms with E-state index in [9.17, 15) is 17.2 Å². The summed E-state index contributed by atoms with van der Waals surface area (Å²) in [5, 5.41) is 0. The maximum absolute atomic E-state index is 13.2. The van der Waals surface area contributed by atoms with Crippen molar-refractivity contribution in [2.45, 2.75) is 17.5 Å². The molecular formula is C22H19F2NO5S. The van der Waals surface area contributed by atoms with E-state index < -0.39 is 22.7 Å². The molecule has 0 saturated heterocycles. The zero-order valence-electron chi connectivity index (χ0n) is 16.2. The van der Waals surface area contributed by atoms with Crippen LogP contribution in [0.4, 0.5) is 8.78 Å².